The molecule has 0 spiro atoms. The first-order valence-corrected chi connectivity index (χ1v) is 5.55. The second-order valence-corrected chi connectivity index (χ2v) is 4.19. The first-order valence-electron chi connectivity index (χ1n) is 4.76. The quantitative estimate of drug-likeness (QED) is 0.877. The molecule has 1 nitrogen and oxygen atoms in total. The molecule has 0 unspecified atom stereocenters. The molecule has 0 aliphatic carbocycles. The maximum absolute atomic E-state index is 9.00. The van der Waals surface area contributed by atoms with Crippen LogP contribution in [0.3, 0.4) is 0 Å². The summed E-state index contributed by atoms with van der Waals surface area (Å²) in [6, 6.07) is 16.1. The molecule has 0 aliphatic rings. The highest BCUT2D eigenvalue weighted by Crippen LogP contribution is 2.28. The molecule has 0 bridgehead atoms. The summed E-state index contributed by atoms with van der Waals surface area (Å²) in [7, 11) is 0. The molecule has 1 N–H and O–H groups in total. The maximum atomic E-state index is 9.00. The van der Waals surface area contributed by atoms with Crippen LogP contribution in [0.4, 0.5) is 0 Å². The predicted octanol–water partition coefficient (Wildman–Crippen LogP) is 3.61. The standard InChI is InChI=1S/C13H11BrO/c14-13-8-10(9-15)6-7-12(13)11-4-2-1-3-5-11/h1-8,15H,9H2. The zero-order chi connectivity index (χ0) is 10.7. The van der Waals surface area contributed by atoms with Gasteiger partial charge in [-0.1, -0.05) is 58.4 Å². The van der Waals surface area contributed by atoms with Gasteiger partial charge in [0.25, 0.3) is 0 Å². The summed E-state index contributed by atoms with van der Waals surface area (Å²) in [4.78, 5) is 0. The third-order valence-corrected chi connectivity index (χ3v) is 2.96. The molecular weight excluding hydrogens is 252 g/mol. The van der Waals surface area contributed by atoms with E-state index < -0.39 is 0 Å². The largest absolute Gasteiger partial charge is 0.392 e. The van der Waals surface area contributed by atoms with E-state index in [-0.39, 0.29) is 6.61 Å². The Labute approximate surface area is 97.5 Å². The highest BCUT2D eigenvalue weighted by Gasteiger charge is 2.02. The SMILES string of the molecule is OCc1ccc(-c2ccccc2)c(Br)c1. The molecule has 0 saturated carbocycles. The topological polar surface area (TPSA) is 20.2 Å². The van der Waals surface area contributed by atoms with Gasteiger partial charge in [-0.05, 0) is 22.8 Å². The zero-order valence-electron chi connectivity index (χ0n) is 8.15. The van der Waals surface area contributed by atoms with Gasteiger partial charge in [0, 0.05) is 4.47 Å². The van der Waals surface area contributed by atoms with Crippen molar-refractivity contribution >= 4 is 15.9 Å². The number of halogens is 1. The summed E-state index contributed by atoms with van der Waals surface area (Å²) in [5.74, 6) is 0. The van der Waals surface area contributed by atoms with E-state index in [0.717, 1.165) is 15.6 Å². The summed E-state index contributed by atoms with van der Waals surface area (Å²) >= 11 is 3.51. The highest BCUT2D eigenvalue weighted by atomic mass is 79.9. The fourth-order valence-corrected chi connectivity index (χ4v) is 2.16. The van der Waals surface area contributed by atoms with Crippen LogP contribution in [-0.2, 0) is 6.61 Å². The highest BCUT2D eigenvalue weighted by molar-refractivity contribution is 9.10. The van der Waals surface area contributed by atoms with Gasteiger partial charge in [-0.25, -0.2) is 0 Å². The van der Waals surface area contributed by atoms with Crippen molar-refractivity contribution < 1.29 is 5.11 Å². The van der Waals surface area contributed by atoms with Crippen molar-refractivity contribution in [1.29, 1.82) is 0 Å². The van der Waals surface area contributed by atoms with Crippen LogP contribution in [0.15, 0.2) is 53.0 Å². The average Bonchev–Trinajstić information content (AvgIpc) is 2.30. The molecule has 2 aromatic rings. The van der Waals surface area contributed by atoms with Crippen molar-refractivity contribution in [2.24, 2.45) is 0 Å². The molecule has 0 saturated heterocycles. The van der Waals surface area contributed by atoms with Crippen molar-refractivity contribution in [3.8, 4) is 11.1 Å². The fraction of sp³-hybridized carbons (Fsp3) is 0.0769. The molecule has 76 valence electrons. The lowest BCUT2D eigenvalue weighted by Crippen LogP contribution is -1.85. The Hall–Kier alpha value is -1.12. The number of hydrogen-bond donors (Lipinski definition) is 1. The molecule has 15 heavy (non-hydrogen) atoms. The monoisotopic (exact) mass is 262 g/mol. The second kappa shape index (κ2) is 4.60. The second-order valence-electron chi connectivity index (χ2n) is 3.34. The van der Waals surface area contributed by atoms with Crippen LogP contribution in [0.5, 0.6) is 0 Å². The first-order chi connectivity index (χ1) is 7.31. The Bertz CT molecular complexity index is 451. The third-order valence-electron chi connectivity index (χ3n) is 2.30. The third kappa shape index (κ3) is 2.28. The molecule has 0 heterocycles. The number of hydrogen-bond acceptors (Lipinski definition) is 1. The van der Waals surface area contributed by atoms with Gasteiger partial charge < -0.3 is 5.11 Å². The van der Waals surface area contributed by atoms with Crippen LogP contribution < -0.4 is 0 Å². The molecule has 2 heteroatoms. The zero-order valence-corrected chi connectivity index (χ0v) is 9.74. The van der Waals surface area contributed by atoms with E-state index in [1.54, 1.807) is 0 Å². The van der Waals surface area contributed by atoms with Gasteiger partial charge in [0.05, 0.1) is 6.61 Å². The minimum Gasteiger partial charge on any atom is -0.392 e. The number of rotatable bonds is 2. The summed E-state index contributed by atoms with van der Waals surface area (Å²) in [5, 5.41) is 9.00. The van der Waals surface area contributed by atoms with E-state index in [2.05, 4.69) is 28.1 Å². The molecule has 2 aromatic carbocycles. The van der Waals surface area contributed by atoms with Gasteiger partial charge in [-0.3, -0.25) is 0 Å². The molecule has 0 fully saturated rings. The normalized spacial score (nSPS) is 10.3. The molecule has 0 aromatic heterocycles. The minimum atomic E-state index is 0.0771. The molecule has 0 radical (unpaired) electrons. The lowest BCUT2D eigenvalue weighted by molar-refractivity contribution is 0.282. The fourth-order valence-electron chi connectivity index (χ4n) is 1.51. The van der Waals surface area contributed by atoms with Gasteiger partial charge in [-0.2, -0.15) is 0 Å². The molecular formula is C13H11BrO. The van der Waals surface area contributed by atoms with Gasteiger partial charge in [0.1, 0.15) is 0 Å². The number of benzene rings is 2. The summed E-state index contributed by atoms with van der Waals surface area (Å²) < 4.78 is 1.01. The maximum Gasteiger partial charge on any atom is 0.0682 e. The van der Waals surface area contributed by atoms with Crippen LogP contribution >= 0.6 is 15.9 Å². The van der Waals surface area contributed by atoms with Gasteiger partial charge >= 0.3 is 0 Å². The van der Waals surface area contributed by atoms with Gasteiger partial charge in [0.2, 0.25) is 0 Å². The summed E-state index contributed by atoms with van der Waals surface area (Å²) in [6.07, 6.45) is 0. The minimum absolute atomic E-state index is 0.0771. The van der Waals surface area contributed by atoms with E-state index in [9.17, 15) is 0 Å². The Kier molecular flexibility index (Phi) is 3.19. The van der Waals surface area contributed by atoms with Gasteiger partial charge in [-0.15, -0.1) is 0 Å². The predicted molar refractivity (Wildman–Crippen MR) is 65.5 cm³/mol. The van der Waals surface area contributed by atoms with Crippen LogP contribution in [-0.4, -0.2) is 5.11 Å². The van der Waals surface area contributed by atoms with Crippen molar-refractivity contribution in [2.75, 3.05) is 0 Å². The summed E-state index contributed by atoms with van der Waals surface area (Å²) in [6.45, 7) is 0.0771. The Morgan fingerprint density at radius 3 is 2.33 bits per heavy atom. The smallest absolute Gasteiger partial charge is 0.0682 e. The van der Waals surface area contributed by atoms with E-state index >= 15 is 0 Å². The van der Waals surface area contributed by atoms with E-state index in [1.807, 2.05) is 36.4 Å². The molecule has 0 aliphatic heterocycles. The van der Waals surface area contributed by atoms with E-state index in [1.165, 1.54) is 5.56 Å². The lowest BCUT2D eigenvalue weighted by atomic mass is 10.0. The Morgan fingerprint density at radius 1 is 1.00 bits per heavy atom. The van der Waals surface area contributed by atoms with Crippen molar-refractivity contribution in [3.05, 3.63) is 58.6 Å². The van der Waals surface area contributed by atoms with Crippen LogP contribution in [0.25, 0.3) is 11.1 Å². The summed E-state index contributed by atoms with van der Waals surface area (Å²) in [5.41, 5.74) is 3.24. The molecule has 2 rings (SSSR count). The lowest BCUT2D eigenvalue weighted by Gasteiger charge is -2.06. The Balaban J connectivity index is 2.46. The van der Waals surface area contributed by atoms with Gasteiger partial charge in [0.15, 0.2) is 0 Å². The molecule has 0 atom stereocenters. The average molecular weight is 263 g/mol. The Morgan fingerprint density at radius 2 is 1.73 bits per heavy atom. The first kappa shape index (κ1) is 10.4. The van der Waals surface area contributed by atoms with Crippen LogP contribution in [0.1, 0.15) is 5.56 Å². The van der Waals surface area contributed by atoms with E-state index in [4.69, 9.17) is 5.11 Å². The van der Waals surface area contributed by atoms with Crippen molar-refractivity contribution in [1.82, 2.24) is 0 Å². The van der Waals surface area contributed by atoms with E-state index in [0.29, 0.717) is 0 Å². The van der Waals surface area contributed by atoms with Crippen molar-refractivity contribution in [2.45, 2.75) is 6.61 Å². The molecule has 0 amide bonds. The van der Waals surface area contributed by atoms with Crippen molar-refractivity contribution in [3.63, 3.8) is 0 Å². The number of aliphatic hydroxyl groups excluding tert-OH is 1. The van der Waals surface area contributed by atoms with Crippen LogP contribution in [0.2, 0.25) is 0 Å². The number of aliphatic hydroxyl groups is 1. The van der Waals surface area contributed by atoms with Crippen LogP contribution in [0, 0.1) is 0 Å².